The summed E-state index contributed by atoms with van der Waals surface area (Å²) in [5, 5.41) is 7.23. The maximum absolute atomic E-state index is 13.5. The van der Waals surface area contributed by atoms with E-state index in [4.69, 9.17) is 4.98 Å². The number of anilines is 2. The maximum atomic E-state index is 13.5. The molecule has 2 atom stereocenters. The highest BCUT2D eigenvalue weighted by molar-refractivity contribution is 7.16. The minimum absolute atomic E-state index is 0.0772. The van der Waals surface area contributed by atoms with E-state index in [1.165, 1.54) is 56.4 Å². The number of hydrogen-bond donors (Lipinski definition) is 0. The van der Waals surface area contributed by atoms with Gasteiger partial charge in [-0.05, 0) is 49.8 Å². The van der Waals surface area contributed by atoms with Crippen LogP contribution >= 0.6 is 11.3 Å². The summed E-state index contributed by atoms with van der Waals surface area (Å²) in [6.07, 6.45) is 12.0. The molecule has 2 heterocycles. The minimum atomic E-state index is -0.142. The standard InChI is InChI=1S/C34H52N4OS/c1-9-13-18-26(11-3)23-37(24-27(12-4)19-14-10-2)33-35-31(34(6,7)8)30(40-33)22-29-25(5)36-38(32(29)39)28-20-16-15-17-21-28/h15-17,20-22,26-27H,9-14,18-19,23-24H2,1-8H3/b29-22-. The predicted molar refractivity (Wildman–Crippen MR) is 175 cm³/mol. The SMILES string of the molecule is CCCCC(CC)CN(CC(CC)CCCC)c1nc(C(C)(C)C)c(/C=C2\C(=O)N(c3ccccc3)N=C2C)s1. The van der Waals surface area contributed by atoms with Crippen molar-refractivity contribution in [3.63, 3.8) is 0 Å². The van der Waals surface area contributed by atoms with Gasteiger partial charge in [0.2, 0.25) is 0 Å². The number of hydrazone groups is 1. The van der Waals surface area contributed by atoms with Crippen molar-refractivity contribution < 1.29 is 4.79 Å². The van der Waals surface area contributed by atoms with Crippen molar-refractivity contribution in [1.82, 2.24) is 4.98 Å². The summed E-state index contributed by atoms with van der Waals surface area (Å²) < 4.78 is 0. The van der Waals surface area contributed by atoms with Gasteiger partial charge < -0.3 is 4.90 Å². The van der Waals surface area contributed by atoms with Gasteiger partial charge in [0, 0.05) is 18.5 Å². The van der Waals surface area contributed by atoms with Gasteiger partial charge in [0.15, 0.2) is 5.13 Å². The Morgan fingerprint density at radius 1 is 0.950 bits per heavy atom. The molecule has 3 rings (SSSR count). The fourth-order valence-corrected chi connectivity index (χ4v) is 6.58. The molecule has 1 aromatic heterocycles. The number of nitrogens with zero attached hydrogens (tertiary/aromatic N) is 4. The number of hydrogen-bond acceptors (Lipinski definition) is 5. The molecule has 1 amide bonds. The zero-order valence-electron chi connectivity index (χ0n) is 26.3. The molecule has 1 aromatic carbocycles. The Balaban J connectivity index is 2.01. The molecular formula is C34H52N4OS. The second-order valence-corrected chi connectivity index (χ2v) is 13.4. The van der Waals surface area contributed by atoms with Crippen LogP contribution in [0.5, 0.6) is 0 Å². The van der Waals surface area contributed by atoms with Crippen LogP contribution in [0, 0.1) is 11.8 Å². The van der Waals surface area contributed by atoms with Crippen LogP contribution in [0.25, 0.3) is 6.08 Å². The minimum Gasteiger partial charge on any atom is -0.348 e. The van der Waals surface area contributed by atoms with Crippen molar-refractivity contribution in [2.45, 2.75) is 112 Å². The molecule has 0 fully saturated rings. The van der Waals surface area contributed by atoms with Crippen LogP contribution in [0.2, 0.25) is 0 Å². The van der Waals surface area contributed by atoms with Gasteiger partial charge in [0.1, 0.15) is 0 Å². The number of unbranched alkanes of at least 4 members (excludes halogenated alkanes) is 2. The lowest BCUT2D eigenvalue weighted by Gasteiger charge is -2.30. The summed E-state index contributed by atoms with van der Waals surface area (Å²) in [6, 6.07) is 9.67. The van der Waals surface area contributed by atoms with Crippen LogP contribution in [0.3, 0.4) is 0 Å². The van der Waals surface area contributed by atoms with E-state index < -0.39 is 0 Å². The number of thiazole rings is 1. The Kier molecular flexibility index (Phi) is 12.0. The van der Waals surface area contributed by atoms with Gasteiger partial charge in [0.25, 0.3) is 5.91 Å². The highest BCUT2D eigenvalue weighted by Crippen LogP contribution is 2.38. The molecule has 2 unspecified atom stereocenters. The highest BCUT2D eigenvalue weighted by Gasteiger charge is 2.31. The third-order valence-corrected chi connectivity index (χ3v) is 9.07. The van der Waals surface area contributed by atoms with Gasteiger partial charge in [-0.15, -0.1) is 0 Å². The van der Waals surface area contributed by atoms with Crippen LogP contribution in [0.4, 0.5) is 10.8 Å². The molecule has 0 radical (unpaired) electrons. The summed E-state index contributed by atoms with van der Waals surface area (Å²) in [7, 11) is 0. The van der Waals surface area contributed by atoms with Gasteiger partial charge in [-0.1, -0.05) is 117 Å². The van der Waals surface area contributed by atoms with Crippen LogP contribution in [-0.4, -0.2) is 29.7 Å². The van der Waals surface area contributed by atoms with Crippen LogP contribution in [0.15, 0.2) is 41.0 Å². The Morgan fingerprint density at radius 3 is 2.02 bits per heavy atom. The highest BCUT2D eigenvalue weighted by atomic mass is 32.1. The second kappa shape index (κ2) is 15.0. The molecule has 0 spiro atoms. The smallest absolute Gasteiger partial charge is 0.280 e. The number of benzene rings is 1. The van der Waals surface area contributed by atoms with E-state index in [0.29, 0.717) is 17.4 Å². The van der Waals surface area contributed by atoms with Crippen LogP contribution in [-0.2, 0) is 10.2 Å². The summed E-state index contributed by atoms with van der Waals surface area (Å²) in [6.45, 7) is 19.9. The van der Waals surface area contributed by atoms with Crippen molar-refractivity contribution in [2.75, 3.05) is 23.0 Å². The molecule has 1 aliphatic rings. The third-order valence-electron chi connectivity index (χ3n) is 8.01. The fraction of sp³-hybridized carbons (Fsp3) is 0.618. The van der Waals surface area contributed by atoms with Crippen molar-refractivity contribution in [3.8, 4) is 0 Å². The second-order valence-electron chi connectivity index (χ2n) is 12.4. The molecule has 1 aliphatic heterocycles. The lowest BCUT2D eigenvalue weighted by atomic mass is 9.91. The molecule has 5 nitrogen and oxygen atoms in total. The third kappa shape index (κ3) is 8.28. The molecule has 0 bridgehead atoms. The van der Waals surface area contributed by atoms with Crippen LogP contribution < -0.4 is 9.91 Å². The number of rotatable bonds is 15. The molecule has 0 saturated carbocycles. The summed E-state index contributed by atoms with van der Waals surface area (Å²) in [4.78, 5) is 22.5. The van der Waals surface area contributed by atoms with Gasteiger partial charge in [0.05, 0.1) is 27.5 Å². The van der Waals surface area contributed by atoms with Crippen molar-refractivity contribution in [2.24, 2.45) is 16.9 Å². The topological polar surface area (TPSA) is 48.8 Å². The first kappa shape index (κ1) is 32.0. The van der Waals surface area contributed by atoms with Crippen molar-refractivity contribution in [3.05, 3.63) is 46.5 Å². The van der Waals surface area contributed by atoms with Gasteiger partial charge in [-0.25, -0.2) is 4.98 Å². The zero-order valence-corrected chi connectivity index (χ0v) is 27.1. The Bertz CT molecular complexity index is 1130. The van der Waals surface area contributed by atoms with Crippen LogP contribution in [0.1, 0.15) is 117 Å². The molecule has 0 aliphatic carbocycles. The van der Waals surface area contributed by atoms with Crippen molar-refractivity contribution >= 4 is 39.9 Å². The average molecular weight is 565 g/mol. The quantitative estimate of drug-likeness (QED) is 0.202. The number of aromatic nitrogens is 1. The number of carbonyl (C=O) groups is 1. The molecular weight excluding hydrogens is 512 g/mol. The van der Waals surface area contributed by atoms with E-state index in [-0.39, 0.29) is 11.3 Å². The molecule has 2 aromatic rings. The molecule has 40 heavy (non-hydrogen) atoms. The number of amides is 1. The summed E-state index contributed by atoms with van der Waals surface area (Å²) in [5.74, 6) is 1.25. The summed E-state index contributed by atoms with van der Waals surface area (Å²) >= 11 is 1.75. The lowest BCUT2D eigenvalue weighted by molar-refractivity contribution is -0.114. The predicted octanol–water partition coefficient (Wildman–Crippen LogP) is 9.49. The Morgan fingerprint density at radius 2 is 1.52 bits per heavy atom. The van der Waals surface area contributed by atoms with Gasteiger partial charge in [-0.2, -0.15) is 10.1 Å². The normalized spacial score (nSPS) is 16.5. The Hall–Kier alpha value is -2.47. The first-order chi connectivity index (χ1) is 19.1. The maximum Gasteiger partial charge on any atom is 0.280 e. The zero-order chi connectivity index (χ0) is 29.3. The lowest BCUT2D eigenvalue weighted by Crippen LogP contribution is -2.34. The van der Waals surface area contributed by atoms with E-state index in [0.717, 1.165) is 40.2 Å². The van der Waals surface area contributed by atoms with E-state index in [9.17, 15) is 4.79 Å². The number of carbonyl (C=O) groups excluding carboxylic acids is 1. The first-order valence-electron chi connectivity index (χ1n) is 15.6. The van der Waals surface area contributed by atoms with E-state index >= 15 is 0 Å². The largest absolute Gasteiger partial charge is 0.348 e. The van der Waals surface area contributed by atoms with E-state index in [1.54, 1.807) is 11.3 Å². The van der Waals surface area contributed by atoms with Gasteiger partial charge >= 0.3 is 0 Å². The number of para-hydroxylation sites is 1. The van der Waals surface area contributed by atoms with Gasteiger partial charge in [-0.3, -0.25) is 4.79 Å². The van der Waals surface area contributed by atoms with E-state index in [1.807, 2.05) is 43.3 Å². The van der Waals surface area contributed by atoms with Crippen molar-refractivity contribution in [1.29, 1.82) is 0 Å². The first-order valence-corrected chi connectivity index (χ1v) is 16.4. The monoisotopic (exact) mass is 564 g/mol. The Labute approximate surface area is 247 Å². The molecule has 6 heteroatoms. The van der Waals surface area contributed by atoms with E-state index in [2.05, 4.69) is 58.5 Å². The average Bonchev–Trinajstić information content (AvgIpc) is 3.50. The summed E-state index contributed by atoms with van der Waals surface area (Å²) in [5.41, 5.74) is 3.11. The molecule has 0 N–H and O–H groups in total. The fourth-order valence-electron chi connectivity index (χ4n) is 5.34. The molecule has 220 valence electrons. The molecule has 0 saturated heterocycles.